The molecule has 164 valence electrons. The Balaban J connectivity index is 0.00000392. The fraction of sp³-hybridized carbons (Fsp3) is 0.542. The summed E-state index contributed by atoms with van der Waals surface area (Å²) >= 11 is -1.97. The molecule has 0 fully saturated rings. The van der Waals surface area contributed by atoms with Gasteiger partial charge in [0.05, 0.1) is 0 Å². The van der Waals surface area contributed by atoms with Crippen LogP contribution in [0.2, 0.25) is 19.6 Å². The average molecular weight is 491 g/mol. The van der Waals surface area contributed by atoms with Gasteiger partial charge in [0, 0.05) is 0 Å². The minimum absolute atomic E-state index is 0. The predicted octanol–water partition coefficient (Wildman–Crippen LogP) is 7.55. The largest absolute Gasteiger partial charge is 0.147 e. The maximum Gasteiger partial charge on any atom is -0.147 e. The SMILES string of the molecule is CC[C](CC)=[Ti]([O]c1cc(C)cc([Si](C)(C)C)c1)[C]1=C(C(C)(C)C)C=CC1.Cl.Cl. The first-order valence-electron chi connectivity index (χ1n) is 10.4. The van der Waals surface area contributed by atoms with Crippen molar-refractivity contribution in [2.24, 2.45) is 5.41 Å². The summed E-state index contributed by atoms with van der Waals surface area (Å²) < 4.78 is 10.2. The number of hydrogen-bond acceptors (Lipinski definition) is 1. The van der Waals surface area contributed by atoms with Crippen LogP contribution in [0, 0.1) is 12.3 Å². The first-order valence-corrected chi connectivity index (χ1v) is 16.1. The van der Waals surface area contributed by atoms with Gasteiger partial charge in [-0.3, -0.25) is 0 Å². The maximum absolute atomic E-state index is 6.94. The van der Waals surface area contributed by atoms with Gasteiger partial charge in [0.15, 0.2) is 0 Å². The van der Waals surface area contributed by atoms with Crippen molar-refractivity contribution < 1.29 is 21.1 Å². The normalized spacial score (nSPS) is 13.7. The van der Waals surface area contributed by atoms with Crippen LogP contribution in [0.5, 0.6) is 5.75 Å². The molecule has 5 heteroatoms. The van der Waals surface area contributed by atoms with E-state index in [0.29, 0.717) is 0 Å². The molecule has 0 aliphatic heterocycles. The van der Waals surface area contributed by atoms with Crippen LogP contribution in [0.4, 0.5) is 0 Å². The van der Waals surface area contributed by atoms with E-state index in [1.54, 1.807) is 7.69 Å². The van der Waals surface area contributed by atoms with Gasteiger partial charge < -0.3 is 0 Å². The van der Waals surface area contributed by atoms with E-state index in [4.69, 9.17) is 3.32 Å². The fourth-order valence-electron chi connectivity index (χ4n) is 3.70. The molecule has 1 aliphatic rings. The number of allylic oxidation sites excluding steroid dienone is 4. The van der Waals surface area contributed by atoms with Gasteiger partial charge in [-0.2, -0.15) is 0 Å². The van der Waals surface area contributed by atoms with Crippen LogP contribution in [-0.2, 0) is 17.8 Å². The second-order valence-corrected chi connectivity index (χ2v) is 18.2. The molecule has 0 spiro atoms. The van der Waals surface area contributed by atoms with Gasteiger partial charge in [-0.15, -0.1) is 24.8 Å². The van der Waals surface area contributed by atoms with Crippen molar-refractivity contribution in [3.8, 4) is 5.75 Å². The van der Waals surface area contributed by atoms with Crippen LogP contribution in [0.1, 0.15) is 59.4 Å². The Labute approximate surface area is 199 Å². The standard InChI is InChI=1S/C10H16OSi.C9H13.C5H10.2ClH.Ti/c1-8-5-9(11)7-10(6-8)12(2,3)4;1-9(2,3)8-6-4-5-7-8;1-3-5-4-2;;;/h5-7,11H,1-4H3;4,6H,5H2,1-3H3;3-4H2,1-2H3;2*1H;/q;;;;;+1/p-1. The molecule has 1 nitrogen and oxygen atoms in total. The smallest absolute Gasteiger partial charge is 0.147 e. The quantitative estimate of drug-likeness (QED) is 0.374. The van der Waals surface area contributed by atoms with Gasteiger partial charge >= 0.3 is 175 Å². The van der Waals surface area contributed by atoms with Gasteiger partial charge in [-0.1, -0.05) is 0 Å². The molecule has 1 aromatic carbocycles. The molecule has 0 N–H and O–H groups in total. The molecule has 0 saturated carbocycles. The topological polar surface area (TPSA) is 9.23 Å². The van der Waals surface area contributed by atoms with Gasteiger partial charge in [-0.05, 0) is 0 Å². The third kappa shape index (κ3) is 7.51. The summed E-state index contributed by atoms with van der Waals surface area (Å²) in [5.74, 6) is 1.11. The number of rotatable bonds is 6. The number of halogens is 2. The third-order valence-electron chi connectivity index (χ3n) is 5.33. The summed E-state index contributed by atoms with van der Waals surface area (Å²) in [7, 11) is -1.36. The Morgan fingerprint density at radius 2 is 1.62 bits per heavy atom. The zero-order valence-corrected chi connectivity index (χ0v) is 23.9. The van der Waals surface area contributed by atoms with Crippen LogP contribution in [0.15, 0.2) is 39.8 Å². The number of benzene rings is 1. The zero-order valence-electron chi connectivity index (χ0n) is 19.7. The van der Waals surface area contributed by atoms with Crippen molar-refractivity contribution in [3.05, 3.63) is 45.4 Å². The van der Waals surface area contributed by atoms with Gasteiger partial charge in [0.1, 0.15) is 0 Å². The van der Waals surface area contributed by atoms with Crippen LogP contribution in [-0.4, -0.2) is 11.9 Å². The second kappa shape index (κ2) is 11.5. The maximum atomic E-state index is 6.94. The third-order valence-corrected chi connectivity index (χ3v) is 11.7. The van der Waals surface area contributed by atoms with Crippen molar-refractivity contribution >= 4 is 41.9 Å². The Morgan fingerprint density at radius 1 is 1.03 bits per heavy atom. The summed E-state index contributed by atoms with van der Waals surface area (Å²) in [6.07, 6.45) is 8.06. The van der Waals surface area contributed by atoms with E-state index in [2.05, 4.69) is 91.5 Å². The summed E-state index contributed by atoms with van der Waals surface area (Å²) in [5, 5.41) is 1.50. The Hall–Kier alpha value is -0.119. The molecule has 1 aromatic rings. The molecular formula is C24H40Cl2OSiTi. The molecule has 0 radical (unpaired) electrons. The van der Waals surface area contributed by atoms with Gasteiger partial charge in [0.25, 0.3) is 0 Å². The molecule has 0 aromatic heterocycles. The van der Waals surface area contributed by atoms with E-state index in [1.807, 2.05) is 0 Å². The molecule has 2 rings (SSSR count). The van der Waals surface area contributed by atoms with E-state index in [1.165, 1.54) is 16.3 Å². The Morgan fingerprint density at radius 3 is 2.10 bits per heavy atom. The molecule has 0 bridgehead atoms. The van der Waals surface area contributed by atoms with Crippen molar-refractivity contribution in [2.45, 2.75) is 80.4 Å². The zero-order chi connectivity index (χ0) is 20.4. The van der Waals surface area contributed by atoms with Crippen molar-refractivity contribution in [2.75, 3.05) is 0 Å². The van der Waals surface area contributed by atoms with Gasteiger partial charge in [-0.25, -0.2) is 0 Å². The molecule has 0 atom stereocenters. The molecule has 0 amide bonds. The molecule has 0 unspecified atom stereocenters. The van der Waals surface area contributed by atoms with E-state index in [9.17, 15) is 0 Å². The monoisotopic (exact) mass is 490 g/mol. The number of aryl methyl sites for hydroxylation is 1. The molecule has 29 heavy (non-hydrogen) atoms. The van der Waals surface area contributed by atoms with Crippen molar-refractivity contribution in [1.82, 2.24) is 0 Å². The van der Waals surface area contributed by atoms with Crippen LogP contribution in [0.3, 0.4) is 0 Å². The molecule has 1 aliphatic carbocycles. The van der Waals surface area contributed by atoms with E-state index in [0.717, 1.165) is 25.0 Å². The summed E-state index contributed by atoms with van der Waals surface area (Å²) in [5.41, 5.74) is 3.04. The molecule has 0 heterocycles. The van der Waals surface area contributed by atoms with Crippen molar-refractivity contribution in [3.63, 3.8) is 0 Å². The minimum atomic E-state index is -1.97. The Kier molecular flexibility index (Phi) is 11.4. The van der Waals surface area contributed by atoms with E-state index >= 15 is 0 Å². The van der Waals surface area contributed by atoms with Crippen LogP contribution < -0.4 is 8.51 Å². The average Bonchev–Trinajstić information content (AvgIpc) is 3.03. The first kappa shape index (κ1) is 28.9. The summed E-state index contributed by atoms with van der Waals surface area (Å²) in [6.45, 7) is 21.1. The van der Waals surface area contributed by atoms with E-state index < -0.39 is 25.9 Å². The first-order chi connectivity index (χ1) is 12.5. The fourth-order valence-corrected chi connectivity index (χ4v) is 9.15. The number of hydrogen-bond donors (Lipinski definition) is 0. The van der Waals surface area contributed by atoms with Crippen LogP contribution in [0.25, 0.3) is 0 Å². The molecular weight excluding hydrogens is 451 g/mol. The van der Waals surface area contributed by atoms with Crippen LogP contribution >= 0.6 is 24.8 Å². The summed E-state index contributed by atoms with van der Waals surface area (Å²) in [4.78, 5) is 0. The predicted molar refractivity (Wildman–Crippen MR) is 135 cm³/mol. The molecule has 0 saturated heterocycles. The Bertz CT molecular complexity index is 790. The van der Waals surface area contributed by atoms with Crippen molar-refractivity contribution in [1.29, 1.82) is 0 Å². The summed E-state index contributed by atoms with van der Waals surface area (Å²) in [6, 6.07) is 6.95. The second-order valence-electron chi connectivity index (χ2n) is 9.78. The van der Waals surface area contributed by atoms with E-state index in [-0.39, 0.29) is 30.2 Å². The minimum Gasteiger partial charge on any atom is -0.147 e. The van der Waals surface area contributed by atoms with Gasteiger partial charge in [0.2, 0.25) is 0 Å².